The molecule has 0 aromatic rings. The molecule has 1 atom stereocenters. The molecule has 10 heavy (non-hydrogen) atoms. The monoisotopic (exact) mass is 168 g/mol. The summed E-state index contributed by atoms with van der Waals surface area (Å²) < 4.78 is 66.8. The van der Waals surface area contributed by atoms with Crippen molar-refractivity contribution in [2.24, 2.45) is 0 Å². The van der Waals surface area contributed by atoms with E-state index in [1.807, 2.05) is 0 Å². The van der Waals surface area contributed by atoms with E-state index in [0.29, 0.717) is 0 Å². The van der Waals surface area contributed by atoms with Crippen LogP contribution < -0.4 is 0 Å². The van der Waals surface area contributed by atoms with Gasteiger partial charge in [0.1, 0.15) is 0 Å². The molecule has 0 bridgehead atoms. The lowest BCUT2D eigenvalue weighted by Gasteiger charge is -2.18. The van der Waals surface area contributed by atoms with Gasteiger partial charge in [0.2, 0.25) is 0 Å². The third-order valence-corrected chi connectivity index (χ3v) is 0.717. The average molecular weight is 168 g/mol. The molecule has 0 aromatic carbocycles. The van der Waals surface area contributed by atoms with E-state index < -0.39 is 18.7 Å². The van der Waals surface area contributed by atoms with Crippen LogP contribution in [-0.2, 0) is 4.94 Å². The van der Waals surface area contributed by atoms with Gasteiger partial charge in [-0.3, -0.25) is 0 Å². The van der Waals surface area contributed by atoms with E-state index in [1.54, 1.807) is 4.94 Å². The van der Waals surface area contributed by atoms with Gasteiger partial charge in [0, 0.05) is 0 Å². The Kier molecular flexibility index (Phi) is 2.53. The first-order chi connectivity index (χ1) is 4.37. The lowest BCUT2D eigenvalue weighted by Crippen LogP contribution is -2.43. The van der Waals surface area contributed by atoms with Crippen LogP contribution in [0.3, 0.4) is 0 Å². The molecular formula is C3H2F6O. The fraction of sp³-hybridized carbons (Fsp3) is 1.00. The van der Waals surface area contributed by atoms with Gasteiger partial charge in [0.05, 0.1) is 0 Å². The summed E-state index contributed by atoms with van der Waals surface area (Å²) >= 11 is 0. The van der Waals surface area contributed by atoms with E-state index in [2.05, 4.69) is 0 Å². The van der Waals surface area contributed by atoms with Gasteiger partial charge in [-0.15, -0.1) is 4.94 Å². The molecule has 0 N–H and O–H groups in total. The summed E-state index contributed by atoms with van der Waals surface area (Å²) in [6.07, 6.45) is -5.68. The molecule has 1 unspecified atom stereocenters. The first kappa shape index (κ1) is 9.54. The van der Waals surface area contributed by atoms with Crippen molar-refractivity contribution in [3.63, 3.8) is 0 Å². The molecule has 1 nitrogen and oxygen atoms in total. The molecular weight excluding hydrogens is 166 g/mol. The maximum Gasteiger partial charge on any atom is 0.454 e. The lowest BCUT2D eigenvalue weighted by atomic mass is 10.3. The van der Waals surface area contributed by atoms with Gasteiger partial charge in [0.25, 0.3) is 0 Å². The molecule has 0 saturated heterocycles. The van der Waals surface area contributed by atoms with Crippen molar-refractivity contribution >= 4 is 0 Å². The molecule has 0 aliphatic carbocycles. The Labute approximate surface area is 51.5 Å². The maximum atomic E-state index is 11.7. The molecule has 0 aliphatic heterocycles. The highest BCUT2D eigenvalue weighted by Crippen LogP contribution is 2.35. The minimum absolute atomic E-state index is 1.78. The van der Waals surface area contributed by atoms with Crippen LogP contribution in [-0.4, -0.2) is 18.7 Å². The van der Waals surface area contributed by atoms with Crippen molar-refractivity contribution in [2.75, 3.05) is 6.67 Å². The predicted molar refractivity (Wildman–Crippen MR) is 18.1 cm³/mol. The molecule has 62 valence electrons. The van der Waals surface area contributed by atoms with Crippen LogP contribution in [0.4, 0.5) is 26.5 Å². The second-order valence-electron chi connectivity index (χ2n) is 1.44. The quantitative estimate of drug-likeness (QED) is 0.573. The number of rotatable bonds is 2. The van der Waals surface area contributed by atoms with Crippen molar-refractivity contribution in [1.82, 2.24) is 0 Å². The van der Waals surface area contributed by atoms with Crippen molar-refractivity contribution in [3.05, 3.63) is 0 Å². The Balaban J connectivity index is 4.33. The SMILES string of the molecule is FCC(F)(OF)C(F)(F)F. The number of halogens is 6. The Bertz CT molecular complexity index is 104. The lowest BCUT2D eigenvalue weighted by molar-refractivity contribution is -0.404. The molecule has 0 fully saturated rings. The van der Waals surface area contributed by atoms with Gasteiger partial charge in [-0.2, -0.15) is 17.6 Å². The summed E-state index contributed by atoms with van der Waals surface area (Å²) in [5, 5.41) is 0. The third kappa shape index (κ3) is 1.53. The zero-order valence-electron chi connectivity index (χ0n) is 4.38. The molecule has 0 radical (unpaired) electrons. The first-order valence-corrected chi connectivity index (χ1v) is 1.99. The zero-order chi connectivity index (χ0) is 8.41. The molecule has 0 aliphatic rings. The van der Waals surface area contributed by atoms with Gasteiger partial charge in [-0.05, 0) is 4.53 Å². The van der Waals surface area contributed by atoms with Gasteiger partial charge >= 0.3 is 12.0 Å². The Morgan fingerprint density at radius 2 is 1.50 bits per heavy atom. The largest absolute Gasteiger partial charge is 0.454 e. The van der Waals surface area contributed by atoms with Crippen LogP contribution in [0.2, 0.25) is 0 Å². The zero-order valence-corrected chi connectivity index (χ0v) is 4.38. The van der Waals surface area contributed by atoms with Crippen molar-refractivity contribution in [1.29, 1.82) is 0 Å². The van der Waals surface area contributed by atoms with Crippen LogP contribution in [0.5, 0.6) is 0 Å². The Morgan fingerprint density at radius 1 is 1.10 bits per heavy atom. The predicted octanol–water partition coefficient (Wildman–Crippen LogP) is 2.09. The van der Waals surface area contributed by atoms with Gasteiger partial charge in [-0.25, -0.2) is 4.39 Å². The van der Waals surface area contributed by atoms with Crippen LogP contribution in [0.25, 0.3) is 0 Å². The van der Waals surface area contributed by atoms with Crippen molar-refractivity contribution < 1.29 is 31.4 Å². The fourth-order valence-electron chi connectivity index (χ4n) is 0.140. The van der Waals surface area contributed by atoms with E-state index in [-0.39, 0.29) is 0 Å². The van der Waals surface area contributed by atoms with Crippen molar-refractivity contribution in [2.45, 2.75) is 12.0 Å². The molecule has 0 spiro atoms. The van der Waals surface area contributed by atoms with Crippen LogP contribution >= 0.6 is 0 Å². The van der Waals surface area contributed by atoms with E-state index in [0.717, 1.165) is 0 Å². The second-order valence-corrected chi connectivity index (χ2v) is 1.44. The summed E-state index contributed by atoms with van der Waals surface area (Å²) in [5.74, 6) is -4.81. The topological polar surface area (TPSA) is 9.23 Å². The molecule has 0 amide bonds. The molecule has 0 aromatic heterocycles. The summed E-state index contributed by atoms with van der Waals surface area (Å²) in [4.78, 5) is 1.78. The number of alkyl halides is 5. The molecule has 0 saturated carbocycles. The Hall–Kier alpha value is -0.460. The summed E-state index contributed by atoms with van der Waals surface area (Å²) in [5.41, 5.74) is 0. The standard InChI is InChI=1S/C3H2F6O/c4-1-2(5,10-9)3(6,7)8/h1H2. The molecule has 0 rings (SSSR count). The number of hydrogen-bond acceptors (Lipinski definition) is 1. The minimum atomic E-state index is -5.68. The van der Waals surface area contributed by atoms with Crippen LogP contribution in [0, 0.1) is 0 Å². The second kappa shape index (κ2) is 2.65. The summed E-state index contributed by atoms with van der Waals surface area (Å²) in [6.45, 7) is -2.60. The smallest absolute Gasteiger partial charge is 0.244 e. The van der Waals surface area contributed by atoms with E-state index in [9.17, 15) is 26.5 Å². The minimum Gasteiger partial charge on any atom is -0.244 e. The normalized spacial score (nSPS) is 18.6. The van der Waals surface area contributed by atoms with E-state index in [4.69, 9.17) is 0 Å². The summed E-state index contributed by atoms with van der Waals surface area (Å²) in [6, 6.07) is 0. The first-order valence-electron chi connectivity index (χ1n) is 1.99. The van der Waals surface area contributed by atoms with E-state index >= 15 is 0 Å². The maximum absolute atomic E-state index is 11.7. The third-order valence-electron chi connectivity index (χ3n) is 0.717. The Morgan fingerprint density at radius 3 is 1.50 bits per heavy atom. The highest BCUT2D eigenvalue weighted by Gasteiger charge is 2.59. The van der Waals surface area contributed by atoms with Crippen LogP contribution in [0.1, 0.15) is 0 Å². The van der Waals surface area contributed by atoms with Crippen LogP contribution in [0.15, 0.2) is 0 Å². The highest BCUT2D eigenvalue weighted by molar-refractivity contribution is 4.74. The highest BCUT2D eigenvalue weighted by atomic mass is 19.4. The average Bonchev–Trinajstić information content (AvgIpc) is 1.84. The molecule has 7 heteroatoms. The van der Waals surface area contributed by atoms with Gasteiger partial charge in [0.15, 0.2) is 6.67 Å². The van der Waals surface area contributed by atoms with Gasteiger partial charge in [-0.1, -0.05) is 0 Å². The van der Waals surface area contributed by atoms with Crippen molar-refractivity contribution in [3.8, 4) is 0 Å². The van der Waals surface area contributed by atoms with Gasteiger partial charge < -0.3 is 0 Å². The summed E-state index contributed by atoms with van der Waals surface area (Å²) in [7, 11) is 0. The fourth-order valence-corrected chi connectivity index (χ4v) is 0.140. The van der Waals surface area contributed by atoms with E-state index in [1.165, 1.54) is 0 Å². The number of hydrogen-bond donors (Lipinski definition) is 0. The molecule has 0 heterocycles.